The minimum Gasteiger partial charge on any atom is -0.480 e. The van der Waals surface area contributed by atoms with Crippen molar-refractivity contribution in [2.45, 2.75) is 29.9 Å². The summed E-state index contributed by atoms with van der Waals surface area (Å²) < 4.78 is 1.02. The summed E-state index contributed by atoms with van der Waals surface area (Å²) in [7, 11) is 0. The lowest BCUT2D eigenvalue weighted by Gasteiger charge is -2.23. The van der Waals surface area contributed by atoms with Gasteiger partial charge in [0.05, 0.1) is 16.8 Å². The summed E-state index contributed by atoms with van der Waals surface area (Å²) in [5.41, 5.74) is 3.13. The van der Waals surface area contributed by atoms with E-state index in [1.807, 2.05) is 41.8 Å². The van der Waals surface area contributed by atoms with Crippen molar-refractivity contribution in [1.82, 2.24) is 9.38 Å². The van der Waals surface area contributed by atoms with E-state index >= 15 is 0 Å². The molecule has 0 saturated carbocycles. The predicted molar refractivity (Wildman–Crippen MR) is 97.5 cm³/mol. The van der Waals surface area contributed by atoms with Crippen LogP contribution in [0.2, 0.25) is 0 Å². The normalized spacial score (nSPS) is 13.3. The number of carboxylic acid groups (broad SMARTS) is 1. The lowest BCUT2D eigenvalue weighted by Crippen LogP contribution is -2.30. The summed E-state index contributed by atoms with van der Waals surface area (Å²) in [6, 6.07) is 11.5. The molecule has 3 heterocycles. The van der Waals surface area contributed by atoms with Gasteiger partial charge in [0.15, 0.2) is 0 Å². The molecule has 0 aromatic carbocycles. The lowest BCUT2D eigenvalue weighted by atomic mass is 10.1. The van der Waals surface area contributed by atoms with Crippen molar-refractivity contribution in [3.63, 3.8) is 0 Å². The second-order valence-corrected chi connectivity index (χ2v) is 7.42. The fraction of sp³-hybridized carbons (Fsp3) is 0.211. The molecule has 126 valence electrons. The standard InChI is InChI=1S/C19H17N3O2S/c1-3-19(2,18(23)24)25-17-8-9-21-12-14(17)16-7-6-13(11-20)15-5-4-10-22(15)16/h4-10,12H,3H2,1-2H3,(H,23,24). The van der Waals surface area contributed by atoms with Crippen LogP contribution < -0.4 is 0 Å². The van der Waals surface area contributed by atoms with Crippen LogP contribution in [0.15, 0.2) is 53.8 Å². The van der Waals surface area contributed by atoms with Gasteiger partial charge in [-0.05, 0) is 43.7 Å². The van der Waals surface area contributed by atoms with E-state index < -0.39 is 10.7 Å². The van der Waals surface area contributed by atoms with Crippen LogP contribution in [0.25, 0.3) is 16.8 Å². The molecule has 0 spiro atoms. The van der Waals surface area contributed by atoms with Crippen LogP contribution in [0.1, 0.15) is 25.8 Å². The summed E-state index contributed by atoms with van der Waals surface area (Å²) in [5.74, 6) is -0.839. The fourth-order valence-electron chi connectivity index (χ4n) is 2.63. The highest BCUT2D eigenvalue weighted by molar-refractivity contribution is 8.01. The molecule has 3 rings (SSSR count). The highest BCUT2D eigenvalue weighted by Gasteiger charge is 2.33. The highest BCUT2D eigenvalue weighted by Crippen LogP contribution is 2.40. The Labute approximate surface area is 149 Å². The van der Waals surface area contributed by atoms with Crippen molar-refractivity contribution in [1.29, 1.82) is 5.26 Å². The summed E-state index contributed by atoms with van der Waals surface area (Å²) in [5, 5.41) is 18.9. The van der Waals surface area contributed by atoms with E-state index in [0.29, 0.717) is 12.0 Å². The van der Waals surface area contributed by atoms with Crippen LogP contribution in [0.4, 0.5) is 0 Å². The molecule has 0 aliphatic rings. The van der Waals surface area contributed by atoms with Gasteiger partial charge in [-0.25, -0.2) is 0 Å². The molecule has 0 saturated heterocycles. The number of thioether (sulfide) groups is 1. The Morgan fingerprint density at radius 3 is 2.88 bits per heavy atom. The first-order valence-electron chi connectivity index (χ1n) is 7.87. The fourth-order valence-corrected chi connectivity index (χ4v) is 3.74. The third-order valence-corrected chi connectivity index (χ3v) is 5.82. The van der Waals surface area contributed by atoms with E-state index in [1.165, 1.54) is 11.8 Å². The molecule has 0 radical (unpaired) electrons. The average molecular weight is 351 g/mol. The van der Waals surface area contributed by atoms with Crippen LogP contribution >= 0.6 is 11.8 Å². The molecule has 0 fully saturated rings. The molecule has 0 aliphatic heterocycles. The summed E-state index contributed by atoms with van der Waals surface area (Å²) in [6.45, 7) is 3.60. The number of rotatable bonds is 5. The van der Waals surface area contributed by atoms with Gasteiger partial charge in [0.1, 0.15) is 10.8 Å². The van der Waals surface area contributed by atoms with Crippen LogP contribution in [0, 0.1) is 11.3 Å². The Kier molecular flexibility index (Phi) is 4.51. The second-order valence-electron chi connectivity index (χ2n) is 5.87. The van der Waals surface area contributed by atoms with Crippen molar-refractivity contribution < 1.29 is 9.90 Å². The first-order chi connectivity index (χ1) is 12.0. The lowest BCUT2D eigenvalue weighted by molar-refractivity contribution is -0.139. The van der Waals surface area contributed by atoms with Gasteiger partial charge < -0.3 is 9.51 Å². The number of hydrogen-bond acceptors (Lipinski definition) is 4. The van der Waals surface area contributed by atoms with Gasteiger partial charge in [-0.2, -0.15) is 5.26 Å². The molecule has 25 heavy (non-hydrogen) atoms. The average Bonchev–Trinajstić information content (AvgIpc) is 3.11. The third-order valence-electron chi connectivity index (χ3n) is 4.33. The number of hydrogen-bond donors (Lipinski definition) is 1. The van der Waals surface area contributed by atoms with Gasteiger partial charge in [0, 0.05) is 29.0 Å². The zero-order chi connectivity index (χ0) is 18.0. The maximum absolute atomic E-state index is 11.7. The van der Waals surface area contributed by atoms with Crippen molar-refractivity contribution in [2.24, 2.45) is 0 Å². The Morgan fingerprint density at radius 1 is 1.40 bits per heavy atom. The van der Waals surface area contributed by atoms with Gasteiger partial charge in [-0.15, -0.1) is 11.8 Å². The summed E-state index contributed by atoms with van der Waals surface area (Å²) in [6.07, 6.45) is 5.80. The molecule has 1 atom stereocenters. The Morgan fingerprint density at radius 2 is 2.20 bits per heavy atom. The molecule has 0 bridgehead atoms. The van der Waals surface area contributed by atoms with Gasteiger partial charge in [0.25, 0.3) is 0 Å². The third kappa shape index (κ3) is 2.99. The van der Waals surface area contributed by atoms with Crippen molar-refractivity contribution in [2.75, 3.05) is 0 Å². The molecule has 3 aromatic rings. The number of nitriles is 1. The van der Waals surface area contributed by atoms with E-state index in [1.54, 1.807) is 25.4 Å². The maximum Gasteiger partial charge on any atom is 0.319 e. The summed E-state index contributed by atoms with van der Waals surface area (Å²) >= 11 is 1.32. The quantitative estimate of drug-likeness (QED) is 0.696. The Bertz CT molecular complexity index is 990. The first-order valence-corrected chi connectivity index (χ1v) is 8.69. The largest absolute Gasteiger partial charge is 0.480 e. The van der Waals surface area contributed by atoms with Crippen molar-refractivity contribution in [3.8, 4) is 17.3 Å². The Hall–Kier alpha value is -2.78. The van der Waals surface area contributed by atoms with Crippen LogP contribution in [0.5, 0.6) is 0 Å². The molecule has 5 nitrogen and oxygen atoms in total. The summed E-state index contributed by atoms with van der Waals surface area (Å²) in [4.78, 5) is 16.7. The number of fused-ring (bicyclic) bond motifs is 1. The minimum absolute atomic E-state index is 0.501. The van der Waals surface area contributed by atoms with Gasteiger partial charge in [0.2, 0.25) is 0 Å². The van der Waals surface area contributed by atoms with Gasteiger partial charge in [-0.3, -0.25) is 9.78 Å². The first kappa shape index (κ1) is 17.1. The molecule has 1 unspecified atom stereocenters. The van der Waals surface area contributed by atoms with Gasteiger partial charge >= 0.3 is 5.97 Å². The van der Waals surface area contributed by atoms with Crippen molar-refractivity contribution >= 4 is 23.2 Å². The molecule has 0 amide bonds. The highest BCUT2D eigenvalue weighted by atomic mass is 32.2. The van der Waals surface area contributed by atoms with Crippen LogP contribution in [-0.4, -0.2) is 25.2 Å². The van der Waals surface area contributed by atoms with E-state index in [4.69, 9.17) is 0 Å². The van der Waals surface area contributed by atoms with E-state index in [0.717, 1.165) is 21.7 Å². The zero-order valence-electron chi connectivity index (χ0n) is 13.9. The molecule has 1 N–H and O–H groups in total. The van der Waals surface area contributed by atoms with E-state index in [-0.39, 0.29) is 0 Å². The number of carbonyl (C=O) groups is 1. The molecule has 6 heteroatoms. The minimum atomic E-state index is -0.918. The topological polar surface area (TPSA) is 78.4 Å². The zero-order valence-corrected chi connectivity index (χ0v) is 14.7. The van der Waals surface area contributed by atoms with Crippen LogP contribution in [0.3, 0.4) is 0 Å². The smallest absolute Gasteiger partial charge is 0.319 e. The number of pyridine rings is 2. The number of nitrogens with zero attached hydrogens (tertiary/aromatic N) is 3. The van der Waals surface area contributed by atoms with Gasteiger partial charge in [-0.1, -0.05) is 6.92 Å². The molecular formula is C19H17N3O2S. The SMILES string of the molecule is CCC(C)(Sc1ccncc1-c1ccc(C#N)c2cccn12)C(=O)O. The van der Waals surface area contributed by atoms with E-state index in [2.05, 4.69) is 11.1 Å². The van der Waals surface area contributed by atoms with E-state index in [9.17, 15) is 15.2 Å². The number of aliphatic carboxylic acids is 1. The van der Waals surface area contributed by atoms with Crippen LogP contribution in [-0.2, 0) is 4.79 Å². The van der Waals surface area contributed by atoms with Crippen molar-refractivity contribution in [3.05, 3.63) is 54.5 Å². The predicted octanol–water partition coefficient (Wildman–Crippen LogP) is 4.22. The molecule has 0 aliphatic carbocycles. The number of carboxylic acids is 1. The molecular weight excluding hydrogens is 334 g/mol. The maximum atomic E-state index is 11.7. The second kappa shape index (κ2) is 6.61. The Balaban J connectivity index is 2.16. The molecule has 3 aromatic heterocycles. The monoisotopic (exact) mass is 351 g/mol. The number of aromatic nitrogens is 2.